The van der Waals surface area contributed by atoms with Crippen molar-refractivity contribution in [3.8, 4) is 5.69 Å². The van der Waals surface area contributed by atoms with Crippen LogP contribution >= 0.6 is 15.9 Å². The van der Waals surface area contributed by atoms with Crippen LogP contribution < -0.4 is 0 Å². The van der Waals surface area contributed by atoms with Gasteiger partial charge in [0, 0.05) is 33.5 Å². The van der Waals surface area contributed by atoms with E-state index < -0.39 is 0 Å². The minimum absolute atomic E-state index is 0.0376. The zero-order chi connectivity index (χ0) is 15.4. The van der Waals surface area contributed by atoms with Crippen molar-refractivity contribution in [2.45, 2.75) is 40.5 Å². The second kappa shape index (κ2) is 4.84. The third kappa shape index (κ3) is 2.48. The van der Waals surface area contributed by atoms with Crippen molar-refractivity contribution in [1.29, 1.82) is 0 Å². The highest BCUT2D eigenvalue weighted by Crippen LogP contribution is 2.38. The van der Waals surface area contributed by atoms with E-state index in [0.717, 1.165) is 22.2 Å². The summed E-state index contributed by atoms with van der Waals surface area (Å²) in [6, 6.07) is 8.36. The van der Waals surface area contributed by atoms with Gasteiger partial charge in [0.05, 0.1) is 0 Å². The maximum Gasteiger partial charge on any atom is 0.165 e. The first-order valence-corrected chi connectivity index (χ1v) is 8.09. The quantitative estimate of drug-likeness (QED) is 0.711. The predicted molar refractivity (Wildman–Crippen MR) is 89.4 cm³/mol. The molecule has 1 aromatic carbocycles. The van der Waals surface area contributed by atoms with Crippen molar-refractivity contribution in [3.05, 3.63) is 51.3 Å². The molecule has 0 bridgehead atoms. The first-order chi connectivity index (χ1) is 9.78. The van der Waals surface area contributed by atoms with E-state index in [1.807, 2.05) is 6.07 Å². The molecule has 0 aliphatic heterocycles. The van der Waals surface area contributed by atoms with E-state index in [9.17, 15) is 4.79 Å². The number of aromatic nitrogens is 1. The van der Waals surface area contributed by atoms with Gasteiger partial charge >= 0.3 is 0 Å². The topological polar surface area (TPSA) is 22.0 Å². The Morgan fingerprint density at radius 2 is 1.86 bits per heavy atom. The minimum atomic E-state index is 0.0376. The molecule has 1 aromatic heterocycles. The molecule has 0 fully saturated rings. The summed E-state index contributed by atoms with van der Waals surface area (Å²) in [7, 11) is 0. The number of fused-ring (bicyclic) bond motifs is 1. The van der Waals surface area contributed by atoms with Gasteiger partial charge in [0.2, 0.25) is 0 Å². The molecule has 0 saturated heterocycles. The van der Waals surface area contributed by atoms with Crippen LogP contribution in [0.5, 0.6) is 0 Å². The van der Waals surface area contributed by atoms with Crippen LogP contribution in [-0.2, 0) is 6.42 Å². The summed E-state index contributed by atoms with van der Waals surface area (Å²) in [5.41, 5.74) is 5.63. The summed E-state index contributed by atoms with van der Waals surface area (Å²) in [4.78, 5) is 12.4. The fourth-order valence-electron chi connectivity index (χ4n) is 3.36. The van der Waals surface area contributed by atoms with E-state index in [-0.39, 0.29) is 11.2 Å². The number of Topliss-reactive ketones (excluding diaryl/α,β-unsaturated/α-hetero) is 1. The number of halogens is 1. The van der Waals surface area contributed by atoms with Gasteiger partial charge in [0.15, 0.2) is 5.78 Å². The van der Waals surface area contributed by atoms with Gasteiger partial charge in [0.25, 0.3) is 0 Å². The highest BCUT2D eigenvalue weighted by molar-refractivity contribution is 9.10. The molecule has 3 rings (SSSR count). The number of rotatable bonds is 1. The molecular weight excluding hydrogens is 326 g/mol. The molecule has 21 heavy (non-hydrogen) atoms. The number of hydrogen-bond acceptors (Lipinski definition) is 1. The Kier molecular flexibility index (Phi) is 3.36. The Morgan fingerprint density at radius 3 is 2.52 bits per heavy atom. The summed E-state index contributed by atoms with van der Waals surface area (Å²) in [6.07, 6.45) is 1.58. The van der Waals surface area contributed by atoms with E-state index in [4.69, 9.17) is 0 Å². The van der Waals surface area contributed by atoms with E-state index in [1.165, 1.54) is 16.9 Å². The molecule has 1 aliphatic carbocycles. The first kappa shape index (κ1) is 14.6. The van der Waals surface area contributed by atoms with Crippen molar-refractivity contribution in [3.63, 3.8) is 0 Å². The molecule has 0 saturated carbocycles. The van der Waals surface area contributed by atoms with E-state index in [2.05, 4.69) is 66.4 Å². The predicted octanol–water partition coefficient (Wildman–Crippen LogP) is 5.01. The number of benzene rings is 1. The molecule has 3 heteroatoms. The Labute approximate surface area is 134 Å². The van der Waals surface area contributed by atoms with E-state index >= 15 is 0 Å². The van der Waals surface area contributed by atoms with Crippen molar-refractivity contribution in [2.24, 2.45) is 5.41 Å². The molecule has 0 spiro atoms. The Bertz CT molecular complexity index is 740. The fourth-order valence-corrected chi connectivity index (χ4v) is 3.83. The summed E-state index contributed by atoms with van der Waals surface area (Å²) in [5, 5.41) is 0. The maximum absolute atomic E-state index is 12.4. The van der Waals surface area contributed by atoms with E-state index in [1.54, 1.807) is 0 Å². The number of hydrogen-bond donors (Lipinski definition) is 0. The van der Waals surface area contributed by atoms with Crippen LogP contribution in [-0.4, -0.2) is 10.4 Å². The molecule has 0 N–H and O–H groups in total. The van der Waals surface area contributed by atoms with Crippen LogP contribution in [0.1, 0.15) is 47.6 Å². The van der Waals surface area contributed by atoms with Crippen LogP contribution in [0.2, 0.25) is 0 Å². The summed E-state index contributed by atoms with van der Waals surface area (Å²) in [6.45, 7) is 8.55. The first-order valence-electron chi connectivity index (χ1n) is 7.29. The van der Waals surface area contributed by atoms with Crippen LogP contribution in [0.15, 0.2) is 28.7 Å². The Hall–Kier alpha value is -1.35. The average molecular weight is 346 g/mol. The SMILES string of the molecule is Cc1cc(Br)ccc1-n1c(C)cc2c1CC(C)(C)CC2=O. The summed E-state index contributed by atoms with van der Waals surface area (Å²) < 4.78 is 3.34. The number of aryl methyl sites for hydroxylation is 2. The van der Waals surface area contributed by atoms with Crippen LogP contribution in [0.25, 0.3) is 5.69 Å². The monoisotopic (exact) mass is 345 g/mol. The highest BCUT2D eigenvalue weighted by Gasteiger charge is 2.34. The fraction of sp³-hybridized carbons (Fsp3) is 0.389. The lowest BCUT2D eigenvalue weighted by atomic mass is 9.76. The second-order valence-electron chi connectivity index (χ2n) is 6.85. The Balaban J connectivity index is 2.23. The zero-order valence-electron chi connectivity index (χ0n) is 13.0. The molecule has 1 aliphatic rings. The van der Waals surface area contributed by atoms with Crippen molar-refractivity contribution in [1.82, 2.24) is 4.57 Å². The maximum atomic E-state index is 12.4. The lowest BCUT2D eigenvalue weighted by Gasteiger charge is -2.30. The highest BCUT2D eigenvalue weighted by atomic mass is 79.9. The molecule has 0 amide bonds. The van der Waals surface area contributed by atoms with Gasteiger partial charge in [-0.25, -0.2) is 0 Å². The van der Waals surface area contributed by atoms with Gasteiger partial charge in [-0.3, -0.25) is 4.79 Å². The normalized spacial score (nSPS) is 16.9. The van der Waals surface area contributed by atoms with Crippen molar-refractivity contribution < 1.29 is 4.79 Å². The molecule has 1 heterocycles. The average Bonchev–Trinajstić information content (AvgIpc) is 2.65. The molecule has 0 radical (unpaired) electrons. The molecule has 2 aromatic rings. The van der Waals surface area contributed by atoms with Crippen LogP contribution in [0.3, 0.4) is 0 Å². The molecule has 0 unspecified atom stereocenters. The van der Waals surface area contributed by atoms with Gasteiger partial charge in [-0.2, -0.15) is 0 Å². The number of carbonyl (C=O) groups excluding carboxylic acids is 1. The van der Waals surface area contributed by atoms with Gasteiger partial charge in [-0.15, -0.1) is 0 Å². The van der Waals surface area contributed by atoms with Crippen LogP contribution in [0, 0.1) is 19.3 Å². The van der Waals surface area contributed by atoms with Crippen LogP contribution in [0.4, 0.5) is 0 Å². The van der Waals surface area contributed by atoms with Gasteiger partial charge in [0.1, 0.15) is 0 Å². The van der Waals surface area contributed by atoms with Gasteiger partial charge in [-0.1, -0.05) is 29.8 Å². The number of carbonyl (C=O) groups is 1. The summed E-state index contributed by atoms with van der Waals surface area (Å²) >= 11 is 3.52. The van der Waals surface area contributed by atoms with E-state index in [0.29, 0.717) is 6.42 Å². The molecular formula is C18H20BrNO. The summed E-state index contributed by atoms with van der Waals surface area (Å²) in [5.74, 6) is 0.276. The smallest absolute Gasteiger partial charge is 0.165 e. The lowest BCUT2D eigenvalue weighted by molar-refractivity contribution is 0.0911. The second-order valence-corrected chi connectivity index (χ2v) is 7.77. The van der Waals surface area contributed by atoms with Crippen molar-refractivity contribution >= 4 is 21.7 Å². The van der Waals surface area contributed by atoms with Crippen molar-refractivity contribution in [2.75, 3.05) is 0 Å². The zero-order valence-corrected chi connectivity index (χ0v) is 14.5. The van der Waals surface area contributed by atoms with Gasteiger partial charge in [-0.05, 0) is 55.5 Å². The minimum Gasteiger partial charge on any atom is -0.317 e. The lowest BCUT2D eigenvalue weighted by Crippen LogP contribution is -2.27. The molecule has 0 atom stereocenters. The Morgan fingerprint density at radius 1 is 1.14 bits per heavy atom. The third-order valence-electron chi connectivity index (χ3n) is 4.27. The van der Waals surface area contributed by atoms with Gasteiger partial charge < -0.3 is 4.57 Å². The largest absolute Gasteiger partial charge is 0.317 e. The molecule has 2 nitrogen and oxygen atoms in total. The third-order valence-corrected chi connectivity index (χ3v) is 4.77. The number of nitrogens with zero attached hydrogens (tertiary/aromatic N) is 1. The standard InChI is InChI=1S/C18H20BrNO/c1-11-7-13(19)5-6-15(11)20-12(2)8-14-16(20)9-18(3,4)10-17(14)21/h5-8H,9-10H2,1-4H3. The molecule has 110 valence electrons. The number of ketones is 1.